The maximum absolute atomic E-state index is 5.78. The van der Waals surface area contributed by atoms with Crippen molar-refractivity contribution in [3.63, 3.8) is 0 Å². The Labute approximate surface area is 89.1 Å². The number of benzene rings is 1. The first-order chi connectivity index (χ1) is 7.20. The molecule has 1 heterocycles. The van der Waals surface area contributed by atoms with E-state index < -0.39 is 0 Å². The van der Waals surface area contributed by atoms with Crippen molar-refractivity contribution in [1.82, 2.24) is 4.57 Å². The molecule has 15 heavy (non-hydrogen) atoms. The number of ether oxygens (including phenoxy) is 1. The van der Waals surface area contributed by atoms with E-state index in [1.165, 1.54) is 0 Å². The van der Waals surface area contributed by atoms with Crippen LogP contribution in [0.1, 0.15) is 0 Å². The van der Waals surface area contributed by atoms with E-state index in [4.69, 9.17) is 10.5 Å². The van der Waals surface area contributed by atoms with Crippen LogP contribution in [0.5, 0.6) is 5.75 Å². The lowest BCUT2D eigenvalue weighted by Crippen LogP contribution is -1.92. The summed E-state index contributed by atoms with van der Waals surface area (Å²) in [7, 11) is 3.59. The maximum Gasteiger partial charge on any atom is 0.119 e. The molecule has 0 aliphatic heterocycles. The molecule has 2 N–H and O–H groups in total. The molecule has 2 aromatic rings. The highest BCUT2D eigenvalue weighted by Crippen LogP contribution is 2.25. The van der Waals surface area contributed by atoms with Gasteiger partial charge in [0.15, 0.2) is 0 Å². The fourth-order valence-electron chi connectivity index (χ4n) is 1.54. The number of hydrogen-bond donors (Lipinski definition) is 1. The van der Waals surface area contributed by atoms with Gasteiger partial charge in [-0.1, -0.05) is 12.1 Å². The molecule has 0 amide bonds. The lowest BCUT2D eigenvalue weighted by atomic mass is 10.1. The normalized spacial score (nSPS) is 10.3. The van der Waals surface area contributed by atoms with Crippen LogP contribution in [0.3, 0.4) is 0 Å². The average molecular weight is 202 g/mol. The van der Waals surface area contributed by atoms with Crippen LogP contribution >= 0.6 is 0 Å². The van der Waals surface area contributed by atoms with Gasteiger partial charge in [0, 0.05) is 18.8 Å². The quantitative estimate of drug-likeness (QED) is 0.811. The minimum absolute atomic E-state index is 0.757. The molecular weight excluding hydrogens is 188 g/mol. The molecule has 0 spiro atoms. The molecule has 0 aliphatic rings. The van der Waals surface area contributed by atoms with Gasteiger partial charge in [0.25, 0.3) is 0 Å². The first-order valence-electron chi connectivity index (χ1n) is 4.77. The van der Waals surface area contributed by atoms with Crippen molar-refractivity contribution in [3.05, 3.63) is 36.5 Å². The molecule has 1 aromatic heterocycles. The molecule has 2 rings (SSSR count). The van der Waals surface area contributed by atoms with Gasteiger partial charge in [-0.15, -0.1) is 0 Å². The molecular formula is C12H14N2O. The van der Waals surface area contributed by atoms with Crippen LogP contribution in [0.15, 0.2) is 36.5 Å². The molecule has 0 unspecified atom stereocenters. The molecule has 0 aliphatic carbocycles. The van der Waals surface area contributed by atoms with E-state index in [1.54, 1.807) is 7.11 Å². The minimum Gasteiger partial charge on any atom is -0.497 e. The number of nitrogen functional groups attached to an aromatic ring is 1. The third kappa shape index (κ3) is 1.81. The summed E-state index contributed by atoms with van der Waals surface area (Å²) in [6.45, 7) is 0. The van der Waals surface area contributed by atoms with Gasteiger partial charge < -0.3 is 15.0 Å². The fourth-order valence-corrected chi connectivity index (χ4v) is 1.54. The fraction of sp³-hybridized carbons (Fsp3) is 0.167. The first kappa shape index (κ1) is 9.65. The molecule has 3 heteroatoms. The average Bonchev–Trinajstić information content (AvgIpc) is 2.59. The molecule has 0 saturated carbocycles. The Morgan fingerprint density at radius 1 is 1.20 bits per heavy atom. The van der Waals surface area contributed by atoms with Crippen molar-refractivity contribution in [2.45, 2.75) is 0 Å². The topological polar surface area (TPSA) is 40.2 Å². The van der Waals surface area contributed by atoms with Gasteiger partial charge in [0.2, 0.25) is 0 Å². The van der Waals surface area contributed by atoms with E-state index in [0.29, 0.717) is 0 Å². The Morgan fingerprint density at radius 3 is 2.60 bits per heavy atom. The lowest BCUT2D eigenvalue weighted by molar-refractivity contribution is 0.415. The number of nitrogens with two attached hydrogens (primary N) is 1. The van der Waals surface area contributed by atoms with Crippen LogP contribution in [0.2, 0.25) is 0 Å². The Morgan fingerprint density at radius 2 is 2.00 bits per heavy atom. The van der Waals surface area contributed by atoms with Gasteiger partial charge in [-0.3, -0.25) is 0 Å². The lowest BCUT2D eigenvalue weighted by Gasteiger charge is -2.01. The standard InChI is InChI=1S/C12H14N2O/c1-14-8-10(7-12(14)13)9-4-3-5-11(6-9)15-2/h3-8H,13H2,1-2H3. The molecule has 0 saturated heterocycles. The highest BCUT2D eigenvalue weighted by atomic mass is 16.5. The predicted molar refractivity (Wildman–Crippen MR) is 61.8 cm³/mol. The minimum atomic E-state index is 0.757. The van der Waals surface area contributed by atoms with E-state index in [9.17, 15) is 0 Å². The zero-order valence-electron chi connectivity index (χ0n) is 8.90. The maximum atomic E-state index is 5.78. The number of aryl methyl sites for hydroxylation is 1. The number of nitrogens with zero attached hydrogens (tertiary/aromatic N) is 1. The van der Waals surface area contributed by atoms with Gasteiger partial charge in [-0.2, -0.15) is 0 Å². The highest BCUT2D eigenvalue weighted by Gasteiger charge is 2.03. The van der Waals surface area contributed by atoms with Gasteiger partial charge >= 0.3 is 0 Å². The van der Waals surface area contributed by atoms with Gasteiger partial charge in [-0.25, -0.2) is 0 Å². The van der Waals surface area contributed by atoms with Gasteiger partial charge in [0.1, 0.15) is 11.6 Å². The predicted octanol–water partition coefficient (Wildman–Crippen LogP) is 2.28. The molecule has 0 atom stereocenters. The van der Waals surface area contributed by atoms with Crippen molar-refractivity contribution in [2.75, 3.05) is 12.8 Å². The summed E-state index contributed by atoms with van der Waals surface area (Å²) in [4.78, 5) is 0. The Bertz CT molecular complexity index is 455. The molecule has 0 fully saturated rings. The molecule has 0 radical (unpaired) electrons. The third-order valence-electron chi connectivity index (χ3n) is 2.45. The summed E-state index contributed by atoms with van der Waals surface area (Å²) in [6.07, 6.45) is 2.00. The second-order valence-corrected chi connectivity index (χ2v) is 3.50. The number of aromatic nitrogens is 1. The second-order valence-electron chi connectivity index (χ2n) is 3.50. The molecule has 3 nitrogen and oxygen atoms in total. The zero-order chi connectivity index (χ0) is 10.8. The largest absolute Gasteiger partial charge is 0.497 e. The highest BCUT2D eigenvalue weighted by molar-refractivity contribution is 5.68. The Balaban J connectivity index is 2.44. The van der Waals surface area contributed by atoms with Gasteiger partial charge in [-0.05, 0) is 23.8 Å². The van der Waals surface area contributed by atoms with Gasteiger partial charge in [0.05, 0.1) is 7.11 Å². The van der Waals surface area contributed by atoms with E-state index in [1.807, 2.05) is 48.1 Å². The van der Waals surface area contributed by atoms with E-state index in [-0.39, 0.29) is 0 Å². The summed E-state index contributed by atoms with van der Waals surface area (Å²) >= 11 is 0. The van der Waals surface area contributed by atoms with E-state index in [0.717, 1.165) is 22.7 Å². The zero-order valence-corrected chi connectivity index (χ0v) is 8.90. The first-order valence-corrected chi connectivity index (χ1v) is 4.77. The summed E-state index contributed by atoms with van der Waals surface area (Å²) in [5.74, 6) is 1.61. The van der Waals surface area contributed by atoms with E-state index in [2.05, 4.69) is 0 Å². The third-order valence-corrected chi connectivity index (χ3v) is 2.45. The van der Waals surface area contributed by atoms with Crippen molar-refractivity contribution in [1.29, 1.82) is 0 Å². The van der Waals surface area contributed by atoms with Crippen molar-refractivity contribution in [3.8, 4) is 16.9 Å². The SMILES string of the molecule is COc1cccc(-c2cc(N)n(C)c2)c1. The van der Waals surface area contributed by atoms with Crippen molar-refractivity contribution in [2.24, 2.45) is 7.05 Å². The van der Waals surface area contributed by atoms with Crippen LogP contribution in [-0.2, 0) is 7.05 Å². The van der Waals surface area contributed by atoms with Crippen molar-refractivity contribution < 1.29 is 4.74 Å². The number of methoxy groups -OCH3 is 1. The van der Waals surface area contributed by atoms with Crippen LogP contribution < -0.4 is 10.5 Å². The number of anilines is 1. The Hall–Kier alpha value is -1.90. The van der Waals surface area contributed by atoms with Crippen LogP contribution in [0, 0.1) is 0 Å². The van der Waals surface area contributed by atoms with Crippen LogP contribution in [-0.4, -0.2) is 11.7 Å². The summed E-state index contributed by atoms with van der Waals surface area (Å²) < 4.78 is 7.07. The molecule has 1 aromatic carbocycles. The van der Waals surface area contributed by atoms with Crippen LogP contribution in [0.25, 0.3) is 11.1 Å². The summed E-state index contributed by atoms with van der Waals surface area (Å²) in [5, 5.41) is 0. The van der Waals surface area contributed by atoms with E-state index >= 15 is 0 Å². The summed E-state index contributed by atoms with van der Waals surface area (Å²) in [6, 6.07) is 9.88. The molecule has 0 bridgehead atoms. The molecule has 78 valence electrons. The second kappa shape index (κ2) is 3.69. The number of hydrogen-bond acceptors (Lipinski definition) is 2. The number of rotatable bonds is 2. The van der Waals surface area contributed by atoms with Crippen molar-refractivity contribution >= 4 is 5.82 Å². The Kier molecular flexibility index (Phi) is 2.37. The summed E-state index contributed by atoms with van der Waals surface area (Å²) in [5.41, 5.74) is 8.00. The monoisotopic (exact) mass is 202 g/mol. The smallest absolute Gasteiger partial charge is 0.119 e. The van der Waals surface area contributed by atoms with Crippen LogP contribution in [0.4, 0.5) is 5.82 Å².